The number of alkyl halides is 3. The van der Waals surface area contributed by atoms with Crippen LogP contribution < -0.4 is 14.2 Å². The average Bonchev–Trinajstić information content (AvgIpc) is 3.40. The summed E-state index contributed by atoms with van der Waals surface area (Å²) in [4.78, 5) is 21.6. The summed E-state index contributed by atoms with van der Waals surface area (Å²) in [5.74, 6) is 0.909. The predicted octanol–water partition coefficient (Wildman–Crippen LogP) is 7.42. The summed E-state index contributed by atoms with van der Waals surface area (Å²) in [6.07, 6.45) is -2.46. The number of aryl methyl sites for hydroxylation is 2. The van der Waals surface area contributed by atoms with Crippen molar-refractivity contribution < 1.29 is 42.0 Å². The van der Waals surface area contributed by atoms with E-state index in [1.165, 1.54) is 25.3 Å². The molecule has 0 aliphatic carbocycles. The molecule has 3 aromatic carbocycles. The van der Waals surface area contributed by atoms with Crippen molar-refractivity contribution in [3.8, 4) is 28.6 Å². The molecule has 12 heteroatoms. The van der Waals surface area contributed by atoms with Gasteiger partial charge < -0.3 is 28.6 Å². The summed E-state index contributed by atoms with van der Waals surface area (Å²) < 4.78 is 66.5. The van der Waals surface area contributed by atoms with Gasteiger partial charge in [-0.15, -0.1) is 0 Å². The van der Waals surface area contributed by atoms with Crippen molar-refractivity contribution in [3.05, 3.63) is 99.9 Å². The molecule has 1 atom stereocenters. The Hall–Kier alpha value is -5.10. The highest BCUT2D eigenvalue weighted by atomic mass is 19.4. The zero-order chi connectivity index (χ0) is 34.3. The van der Waals surface area contributed by atoms with Crippen LogP contribution in [0, 0.1) is 6.92 Å². The Kier molecular flexibility index (Phi) is 8.66. The molecule has 1 N–H and O–H groups in total. The van der Waals surface area contributed by atoms with Gasteiger partial charge in [0.15, 0.2) is 0 Å². The highest BCUT2D eigenvalue weighted by Crippen LogP contribution is 2.36. The molecule has 5 aromatic rings. The molecule has 4 heterocycles. The fourth-order valence-electron chi connectivity index (χ4n) is 6.37. The van der Waals surface area contributed by atoms with Crippen LogP contribution in [0.3, 0.4) is 0 Å². The molecule has 0 amide bonds. The minimum absolute atomic E-state index is 0.0321. The van der Waals surface area contributed by atoms with Crippen LogP contribution >= 0.6 is 0 Å². The summed E-state index contributed by atoms with van der Waals surface area (Å²) in [5, 5.41) is 9.79. The number of hydrogen-bond donors (Lipinski definition) is 1. The number of imidazole rings is 1. The number of nitrogens with zero attached hydrogens (tertiary/aromatic N) is 3. The SMILES string of the molecule is COc1cc(C(=O)O)cc2c1nc(Cc1cc(C)c3cc1OCCCc1cc(C(F)(F)F)ccc1COc1cccc-3n1)n2C[C@@H]1CCO1. The van der Waals surface area contributed by atoms with Crippen LogP contribution in [0.1, 0.15) is 56.8 Å². The van der Waals surface area contributed by atoms with E-state index >= 15 is 0 Å². The third-order valence-electron chi connectivity index (χ3n) is 9.06. The summed E-state index contributed by atoms with van der Waals surface area (Å²) in [6.45, 7) is 3.47. The molecule has 7 rings (SSSR count). The lowest BCUT2D eigenvalue weighted by molar-refractivity contribution is -0.137. The maximum absolute atomic E-state index is 13.6. The van der Waals surface area contributed by atoms with Gasteiger partial charge in [-0.2, -0.15) is 13.2 Å². The number of fused-ring (bicyclic) bond motifs is 7. The van der Waals surface area contributed by atoms with E-state index in [2.05, 4.69) is 0 Å². The lowest BCUT2D eigenvalue weighted by atomic mass is 9.98. The number of methoxy groups -OCH3 is 1. The van der Waals surface area contributed by atoms with Crippen molar-refractivity contribution in [1.82, 2.24) is 14.5 Å². The quantitative estimate of drug-likeness (QED) is 0.199. The van der Waals surface area contributed by atoms with Gasteiger partial charge in [0.05, 0.1) is 48.7 Å². The number of hydrogen-bond acceptors (Lipinski definition) is 7. The van der Waals surface area contributed by atoms with Crippen LogP contribution in [0.5, 0.6) is 17.4 Å². The smallest absolute Gasteiger partial charge is 0.416 e. The number of aromatic carboxylic acids is 1. The van der Waals surface area contributed by atoms with E-state index in [1.807, 2.05) is 35.8 Å². The molecule has 0 unspecified atom stereocenters. The number of halogens is 3. The number of benzene rings is 3. The zero-order valence-electron chi connectivity index (χ0n) is 27.0. The summed E-state index contributed by atoms with van der Waals surface area (Å²) >= 11 is 0. The molecule has 0 saturated carbocycles. The van der Waals surface area contributed by atoms with Crippen LogP contribution in [0.15, 0.2) is 60.7 Å². The third kappa shape index (κ3) is 6.65. The largest absolute Gasteiger partial charge is 0.494 e. The first kappa shape index (κ1) is 32.4. The topological polar surface area (TPSA) is 105 Å². The number of ether oxygens (including phenoxy) is 4. The lowest BCUT2D eigenvalue weighted by Gasteiger charge is -2.27. The molecule has 2 aromatic heterocycles. The maximum atomic E-state index is 13.6. The van der Waals surface area contributed by atoms with Crippen molar-refractivity contribution >= 4 is 17.0 Å². The van der Waals surface area contributed by atoms with E-state index in [0.29, 0.717) is 83.5 Å². The summed E-state index contributed by atoms with van der Waals surface area (Å²) in [7, 11) is 1.48. The molecular formula is C37H34F3N3O6. The first-order valence-corrected chi connectivity index (χ1v) is 16.0. The molecule has 1 fully saturated rings. The van der Waals surface area contributed by atoms with E-state index < -0.39 is 17.7 Å². The molecule has 4 bridgehead atoms. The Balaban J connectivity index is 1.29. The standard InChI is InChI=1S/C37H34F3N3O6/c1-21-13-24(17-33-42-35-30(43(33)19-27-10-12-47-27)15-25(36(44)45)16-32(35)46-2)31-18-28(21)29-6-3-7-34(41-29)49-20-23-8-9-26(37(38,39)40)14-22(23)5-4-11-48-31/h3,6-9,13-16,18,27H,4-5,10-12,17,19-20H2,1-2H3,(H,44,45)/t27-/m0/s1. The second-order valence-corrected chi connectivity index (χ2v) is 12.3. The zero-order valence-corrected chi connectivity index (χ0v) is 27.0. The lowest BCUT2D eigenvalue weighted by Crippen LogP contribution is -2.31. The van der Waals surface area contributed by atoms with Crippen molar-refractivity contribution in [2.45, 2.75) is 58.0 Å². The first-order valence-electron chi connectivity index (χ1n) is 16.0. The van der Waals surface area contributed by atoms with Crippen LogP contribution in [0.4, 0.5) is 13.2 Å². The fraction of sp³-hybridized carbons (Fsp3) is 0.324. The Morgan fingerprint density at radius 2 is 1.88 bits per heavy atom. The van der Waals surface area contributed by atoms with Crippen LogP contribution in [0.2, 0.25) is 0 Å². The van der Waals surface area contributed by atoms with Gasteiger partial charge in [-0.1, -0.05) is 18.2 Å². The van der Waals surface area contributed by atoms with Gasteiger partial charge in [-0.3, -0.25) is 0 Å². The Morgan fingerprint density at radius 1 is 1.04 bits per heavy atom. The highest BCUT2D eigenvalue weighted by molar-refractivity contribution is 5.95. The maximum Gasteiger partial charge on any atom is 0.416 e. The summed E-state index contributed by atoms with van der Waals surface area (Å²) in [5.41, 5.74) is 5.05. The third-order valence-corrected chi connectivity index (χ3v) is 9.06. The molecule has 9 nitrogen and oxygen atoms in total. The average molecular weight is 674 g/mol. The number of carboxylic acids is 1. The van der Waals surface area contributed by atoms with Crippen molar-refractivity contribution in [2.24, 2.45) is 0 Å². The van der Waals surface area contributed by atoms with Crippen LogP contribution in [-0.4, -0.2) is 52.0 Å². The molecule has 2 aliphatic heterocycles. The molecule has 1 saturated heterocycles. The van der Waals surface area contributed by atoms with Gasteiger partial charge in [0.2, 0.25) is 5.88 Å². The molecule has 49 heavy (non-hydrogen) atoms. The first-order chi connectivity index (χ1) is 23.6. The van der Waals surface area contributed by atoms with Gasteiger partial charge in [0.1, 0.15) is 29.4 Å². The van der Waals surface area contributed by atoms with E-state index in [1.54, 1.807) is 12.1 Å². The Bertz CT molecular complexity index is 2050. The molecule has 0 radical (unpaired) electrons. The van der Waals surface area contributed by atoms with Crippen molar-refractivity contribution in [2.75, 3.05) is 20.3 Å². The second-order valence-electron chi connectivity index (χ2n) is 12.3. The number of rotatable bonds is 6. The van der Waals surface area contributed by atoms with E-state index in [4.69, 9.17) is 28.9 Å². The van der Waals surface area contributed by atoms with Gasteiger partial charge in [-0.25, -0.2) is 14.8 Å². The molecule has 254 valence electrons. The van der Waals surface area contributed by atoms with Gasteiger partial charge >= 0.3 is 12.1 Å². The number of carbonyl (C=O) groups is 1. The predicted molar refractivity (Wildman–Crippen MR) is 174 cm³/mol. The van der Waals surface area contributed by atoms with E-state index in [0.717, 1.165) is 29.2 Å². The minimum atomic E-state index is -4.46. The van der Waals surface area contributed by atoms with E-state index in [9.17, 15) is 23.1 Å². The fourth-order valence-corrected chi connectivity index (χ4v) is 6.37. The van der Waals surface area contributed by atoms with Crippen molar-refractivity contribution in [1.29, 1.82) is 0 Å². The Labute approximate surface area is 280 Å². The van der Waals surface area contributed by atoms with Crippen LogP contribution in [0.25, 0.3) is 22.3 Å². The number of aromatic nitrogens is 3. The second kappa shape index (κ2) is 13.1. The Morgan fingerprint density at radius 3 is 2.61 bits per heavy atom. The van der Waals surface area contributed by atoms with Crippen LogP contribution in [-0.2, 0) is 36.9 Å². The number of carboxylic acid groups (broad SMARTS) is 1. The van der Waals surface area contributed by atoms with Gasteiger partial charge in [0, 0.05) is 30.2 Å². The van der Waals surface area contributed by atoms with Gasteiger partial charge in [-0.05, 0) is 79.3 Å². The summed E-state index contributed by atoms with van der Waals surface area (Å²) in [6, 6.07) is 16.2. The molecule has 0 spiro atoms. The number of pyridine rings is 1. The normalized spacial score (nSPS) is 16.1. The van der Waals surface area contributed by atoms with Gasteiger partial charge in [0.25, 0.3) is 0 Å². The highest BCUT2D eigenvalue weighted by Gasteiger charge is 2.31. The molecule has 2 aliphatic rings. The van der Waals surface area contributed by atoms with E-state index in [-0.39, 0.29) is 24.9 Å². The van der Waals surface area contributed by atoms with Crippen molar-refractivity contribution in [3.63, 3.8) is 0 Å². The minimum Gasteiger partial charge on any atom is -0.494 e. The molecular weight excluding hydrogens is 639 g/mol. The monoisotopic (exact) mass is 673 g/mol.